The van der Waals surface area contributed by atoms with Gasteiger partial charge in [-0.25, -0.2) is 4.79 Å². The third kappa shape index (κ3) is 2.34. The SMILES string of the molecule is Cc1cnn(C2CCN(C(=O)c3cccc4[nH]c(=O)oc34)C2)c1. The van der Waals surface area contributed by atoms with Crippen molar-refractivity contribution in [3.63, 3.8) is 0 Å². The molecule has 1 aliphatic heterocycles. The smallest absolute Gasteiger partial charge is 0.407 e. The van der Waals surface area contributed by atoms with E-state index in [-0.39, 0.29) is 11.9 Å². The van der Waals surface area contributed by atoms with Crippen molar-refractivity contribution in [3.05, 3.63) is 52.3 Å². The molecule has 1 unspecified atom stereocenters. The molecule has 3 heterocycles. The molecule has 0 bridgehead atoms. The van der Waals surface area contributed by atoms with Crippen LogP contribution in [0.1, 0.15) is 28.4 Å². The summed E-state index contributed by atoms with van der Waals surface area (Å²) in [5, 5.41) is 4.33. The highest BCUT2D eigenvalue weighted by molar-refractivity contribution is 6.04. The van der Waals surface area contributed by atoms with Gasteiger partial charge in [0.15, 0.2) is 5.58 Å². The molecule has 2 aromatic heterocycles. The number of hydrogen-bond donors (Lipinski definition) is 1. The lowest BCUT2D eigenvalue weighted by atomic mass is 10.1. The number of carbonyl (C=O) groups is 1. The van der Waals surface area contributed by atoms with E-state index in [1.165, 1.54) is 0 Å². The Morgan fingerprint density at radius 1 is 1.43 bits per heavy atom. The summed E-state index contributed by atoms with van der Waals surface area (Å²) < 4.78 is 7.03. The first kappa shape index (κ1) is 13.8. The molecule has 1 atom stereocenters. The summed E-state index contributed by atoms with van der Waals surface area (Å²) >= 11 is 0. The van der Waals surface area contributed by atoms with Crippen molar-refractivity contribution >= 4 is 17.0 Å². The van der Waals surface area contributed by atoms with Crippen LogP contribution in [0.4, 0.5) is 0 Å². The Labute approximate surface area is 131 Å². The normalized spacial score (nSPS) is 18.0. The van der Waals surface area contributed by atoms with Crippen molar-refractivity contribution in [3.8, 4) is 0 Å². The molecule has 0 radical (unpaired) electrons. The summed E-state index contributed by atoms with van der Waals surface area (Å²) in [6.45, 7) is 3.26. The van der Waals surface area contributed by atoms with Gasteiger partial charge in [-0.15, -0.1) is 0 Å². The van der Waals surface area contributed by atoms with E-state index in [0.29, 0.717) is 29.8 Å². The number of hydrogen-bond acceptors (Lipinski definition) is 4. The van der Waals surface area contributed by atoms with Crippen LogP contribution < -0.4 is 5.76 Å². The van der Waals surface area contributed by atoms with Crippen molar-refractivity contribution in [1.29, 1.82) is 0 Å². The van der Waals surface area contributed by atoms with Gasteiger partial charge in [0.2, 0.25) is 0 Å². The second kappa shape index (κ2) is 5.12. The van der Waals surface area contributed by atoms with E-state index < -0.39 is 5.76 Å². The number of aromatic amines is 1. The van der Waals surface area contributed by atoms with Crippen molar-refractivity contribution in [1.82, 2.24) is 19.7 Å². The molecule has 1 fully saturated rings. The third-order valence-corrected chi connectivity index (χ3v) is 4.23. The highest BCUT2D eigenvalue weighted by Gasteiger charge is 2.29. The first-order chi connectivity index (χ1) is 11.1. The predicted octanol–water partition coefficient (Wildman–Crippen LogP) is 1.71. The zero-order valence-corrected chi connectivity index (χ0v) is 12.7. The average Bonchev–Trinajstić information content (AvgIpc) is 3.23. The van der Waals surface area contributed by atoms with E-state index in [1.807, 2.05) is 24.0 Å². The van der Waals surface area contributed by atoms with Crippen LogP contribution in [-0.2, 0) is 0 Å². The Morgan fingerprint density at radius 2 is 2.30 bits per heavy atom. The van der Waals surface area contributed by atoms with Crippen LogP contribution in [0.5, 0.6) is 0 Å². The van der Waals surface area contributed by atoms with Crippen LogP contribution in [0, 0.1) is 6.92 Å². The molecular formula is C16H16N4O3. The lowest BCUT2D eigenvalue weighted by molar-refractivity contribution is 0.0788. The predicted molar refractivity (Wildman–Crippen MR) is 83.4 cm³/mol. The summed E-state index contributed by atoms with van der Waals surface area (Å²) in [5.74, 6) is -0.670. The van der Waals surface area contributed by atoms with Gasteiger partial charge in [0, 0.05) is 19.3 Å². The first-order valence-electron chi connectivity index (χ1n) is 7.54. The van der Waals surface area contributed by atoms with Crippen molar-refractivity contribution < 1.29 is 9.21 Å². The Bertz CT molecular complexity index is 936. The average molecular weight is 312 g/mol. The lowest BCUT2D eigenvalue weighted by Crippen LogP contribution is -2.29. The van der Waals surface area contributed by atoms with E-state index in [0.717, 1.165) is 12.0 Å². The van der Waals surface area contributed by atoms with Gasteiger partial charge in [-0.1, -0.05) is 6.07 Å². The van der Waals surface area contributed by atoms with Gasteiger partial charge in [0.05, 0.1) is 23.3 Å². The van der Waals surface area contributed by atoms with Crippen LogP contribution in [0.3, 0.4) is 0 Å². The molecule has 1 N–H and O–H groups in total. The van der Waals surface area contributed by atoms with Gasteiger partial charge in [0.25, 0.3) is 5.91 Å². The Kier molecular flexibility index (Phi) is 3.07. The molecule has 3 aromatic rings. The van der Waals surface area contributed by atoms with Gasteiger partial charge in [-0.2, -0.15) is 5.10 Å². The largest absolute Gasteiger partial charge is 0.417 e. The number of aryl methyl sites for hydroxylation is 1. The number of para-hydroxylation sites is 1. The minimum atomic E-state index is -0.549. The standard InChI is InChI=1S/C16H16N4O3/c1-10-7-17-20(8-10)11-5-6-19(9-11)15(21)12-3-2-4-13-14(12)23-16(22)18-13/h2-4,7-8,11H,5-6,9H2,1H3,(H,18,22). The quantitative estimate of drug-likeness (QED) is 0.781. The molecule has 1 amide bonds. The number of carbonyl (C=O) groups excluding carboxylic acids is 1. The highest BCUT2D eigenvalue weighted by atomic mass is 16.4. The topological polar surface area (TPSA) is 84.1 Å². The van der Waals surface area contributed by atoms with Crippen molar-refractivity contribution in [2.75, 3.05) is 13.1 Å². The van der Waals surface area contributed by atoms with Crippen LogP contribution in [0.25, 0.3) is 11.1 Å². The van der Waals surface area contributed by atoms with E-state index in [2.05, 4.69) is 10.1 Å². The lowest BCUT2D eigenvalue weighted by Gasteiger charge is -2.16. The molecule has 0 spiro atoms. The number of benzene rings is 1. The number of likely N-dealkylation sites (tertiary alicyclic amines) is 1. The fourth-order valence-electron chi connectivity index (χ4n) is 3.09. The van der Waals surface area contributed by atoms with E-state index >= 15 is 0 Å². The second-order valence-electron chi connectivity index (χ2n) is 5.89. The summed E-state index contributed by atoms with van der Waals surface area (Å²) in [7, 11) is 0. The summed E-state index contributed by atoms with van der Waals surface area (Å²) in [4.78, 5) is 28.5. The summed E-state index contributed by atoms with van der Waals surface area (Å²) in [6, 6.07) is 5.33. The molecule has 0 saturated carbocycles. The molecule has 0 aliphatic carbocycles. The summed E-state index contributed by atoms with van der Waals surface area (Å²) in [6.07, 6.45) is 4.67. The number of H-pyrrole nitrogens is 1. The minimum absolute atomic E-state index is 0.121. The summed E-state index contributed by atoms with van der Waals surface area (Å²) in [5.41, 5.74) is 2.38. The van der Waals surface area contributed by atoms with Crippen molar-refractivity contribution in [2.45, 2.75) is 19.4 Å². The molecular weight excluding hydrogens is 296 g/mol. The number of fused-ring (bicyclic) bond motifs is 1. The number of nitrogens with one attached hydrogen (secondary N) is 1. The van der Waals surface area contributed by atoms with Gasteiger partial charge < -0.3 is 9.32 Å². The maximum atomic E-state index is 12.8. The van der Waals surface area contributed by atoms with Crippen molar-refractivity contribution in [2.24, 2.45) is 0 Å². The molecule has 7 heteroatoms. The number of amides is 1. The van der Waals surface area contributed by atoms with Crippen LogP contribution in [0.2, 0.25) is 0 Å². The van der Waals surface area contributed by atoms with Gasteiger partial charge >= 0.3 is 5.76 Å². The van der Waals surface area contributed by atoms with E-state index in [9.17, 15) is 9.59 Å². The van der Waals surface area contributed by atoms with E-state index in [1.54, 1.807) is 23.1 Å². The van der Waals surface area contributed by atoms with Crippen LogP contribution in [-0.4, -0.2) is 38.7 Å². The van der Waals surface area contributed by atoms with E-state index in [4.69, 9.17) is 4.42 Å². The first-order valence-corrected chi connectivity index (χ1v) is 7.54. The van der Waals surface area contributed by atoms with Crippen LogP contribution >= 0.6 is 0 Å². The highest BCUT2D eigenvalue weighted by Crippen LogP contribution is 2.25. The fourth-order valence-corrected chi connectivity index (χ4v) is 3.09. The second-order valence-corrected chi connectivity index (χ2v) is 5.89. The minimum Gasteiger partial charge on any atom is -0.407 e. The van der Waals surface area contributed by atoms with Gasteiger partial charge in [0.1, 0.15) is 0 Å². The molecule has 118 valence electrons. The molecule has 1 saturated heterocycles. The monoisotopic (exact) mass is 312 g/mol. The molecule has 7 nitrogen and oxygen atoms in total. The van der Waals surface area contributed by atoms with Gasteiger partial charge in [-0.3, -0.25) is 14.5 Å². The number of aromatic nitrogens is 3. The third-order valence-electron chi connectivity index (χ3n) is 4.23. The Morgan fingerprint density at radius 3 is 3.09 bits per heavy atom. The Hall–Kier alpha value is -2.83. The zero-order chi connectivity index (χ0) is 16.0. The number of rotatable bonds is 2. The maximum absolute atomic E-state index is 12.8. The molecule has 4 rings (SSSR count). The maximum Gasteiger partial charge on any atom is 0.417 e. The van der Waals surface area contributed by atoms with Gasteiger partial charge in [-0.05, 0) is 31.0 Å². The number of nitrogens with zero attached hydrogens (tertiary/aromatic N) is 3. The molecule has 1 aliphatic rings. The molecule has 23 heavy (non-hydrogen) atoms. The molecule has 1 aromatic carbocycles. The Balaban J connectivity index is 1.61. The van der Waals surface area contributed by atoms with Crippen LogP contribution in [0.15, 0.2) is 39.8 Å². The number of oxazole rings is 1. The fraction of sp³-hybridized carbons (Fsp3) is 0.312. The zero-order valence-electron chi connectivity index (χ0n) is 12.7.